The lowest BCUT2D eigenvalue weighted by Crippen LogP contribution is -2.40. The molecule has 0 unspecified atom stereocenters. The molecule has 0 radical (unpaired) electrons. The molecule has 0 aliphatic heterocycles. The zero-order valence-electron chi connectivity index (χ0n) is 22.3. The molecule has 0 saturated heterocycles. The van der Waals surface area contributed by atoms with Crippen molar-refractivity contribution < 1.29 is 14.3 Å². The Bertz CT molecular complexity index is 1190. The normalized spacial score (nSPS) is 14.6. The first-order chi connectivity index (χ1) is 17.9. The van der Waals surface area contributed by atoms with Crippen molar-refractivity contribution in [3.05, 3.63) is 83.9 Å². The quantitative estimate of drug-likeness (QED) is 0.335. The van der Waals surface area contributed by atoms with E-state index in [1.54, 1.807) is 0 Å². The Morgan fingerprint density at radius 2 is 1.51 bits per heavy atom. The molecule has 37 heavy (non-hydrogen) atoms. The number of carbonyl (C=O) groups excluding carboxylic acids is 2. The highest BCUT2D eigenvalue weighted by Gasteiger charge is 2.39. The van der Waals surface area contributed by atoms with Crippen molar-refractivity contribution in [2.24, 2.45) is 5.41 Å². The van der Waals surface area contributed by atoms with Crippen LogP contribution in [0.3, 0.4) is 0 Å². The molecule has 1 saturated carbocycles. The highest BCUT2D eigenvalue weighted by molar-refractivity contribution is 5.95. The highest BCUT2D eigenvalue weighted by atomic mass is 16.5. The molecule has 1 N–H and O–H groups in total. The number of methoxy groups -OCH3 is 1. The average molecular weight is 499 g/mol. The van der Waals surface area contributed by atoms with E-state index in [1.165, 1.54) is 35.9 Å². The Labute approximate surface area is 220 Å². The Hall–Kier alpha value is -3.60. The van der Waals surface area contributed by atoms with Crippen molar-refractivity contribution in [1.82, 2.24) is 0 Å². The molecule has 0 atom stereocenters. The van der Waals surface area contributed by atoms with Crippen LogP contribution in [-0.2, 0) is 27.2 Å². The van der Waals surface area contributed by atoms with Gasteiger partial charge in [-0.15, -0.1) is 0 Å². The molecule has 1 fully saturated rings. The van der Waals surface area contributed by atoms with Crippen molar-refractivity contribution in [3.63, 3.8) is 0 Å². The largest absolute Gasteiger partial charge is 0.469 e. The number of esters is 1. The Morgan fingerprint density at radius 3 is 2.14 bits per heavy atom. The predicted molar refractivity (Wildman–Crippen MR) is 151 cm³/mol. The lowest BCUT2D eigenvalue weighted by Gasteiger charge is -2.36. The molecule has 3 aromatic carbocycles. The van der Waals surface area contributed by atoms with Gasteiger partial charge >= 0.3 is 5.97 Å². The van der Waals surface area contributed by atoms with E-state index in [4.69, 9.17) is 4.74 Å². The number of carbonyl (C=O) groups is 2. The third-order valence-electron chi connectivity index (χ3n) is 7.54. The van der Waals surface area contributed by atoms with Crippen LogP contribution >= 0.6 is 0 Å². The number of nitrogens with one attached hydrogen (secondary N) is 1. The number of anilines is 2. The van der Waals surface area contributed by atoms with Crippen LogP contribution < -0.4 is 10.2 Å². The summed E-state index contributed by atoms with van der Waals surface area (Å²) in [7, 11) is 5.49. The van der Waals surface area contributed by atoms with Crippen LogP contribution in [0, 0.1) is 5.41 Å². The van der Waals surface area contributed by atoms with Gasteiger partial charge in [0.05, 0.1) is 12.5 Å². The molecule has 1 aliphatic carbocycles. The van der Waals surface area contributed by atoms with Gasteiger partial charge in [-0.3, -0.25) is 9.59 Å². The van der Waals surface area contributed by atoms with Crippen molar-refractivity contribution in [2.75, 3.05) is 31.4 Å². The molecule has 5 nitrogen and oxygen atoms in total. The predicted octanol–water partition coefficient (Wildman–Crippen LogP) is 6.66. The minimum absolute atomic E-state index is 0.0978. The summed E-state index contributed by atoms with van der Waals surface area (Å²) in [5, 5.41) is 3.21. The molecule has 3 aromatic rings. The first-order valence-corrected chi connectivity index (χ1v) is 13.2. The van der Waals surface area contributed by atoms with Gasteiger partial charge in [0.2, 0.25) is 5.91 Å². The second kappa shape index (κ2) is 12.1. The lowest BCUT2D eigenvalue weighted by atomic mass is 9.69. The van der Waals surface area contributed by atoms with Gasteiger partial charge in [0, 0.05) is 31.9 Å². The van der Waals surface area contributed by atoms with E-state index >= 15 is 0 Å². The van der Waals surface area contributed by atoms with Crippen LogP contribution in [0.5, 0.6) is 0 Å². The van der Waals surface area contributed by atoms with Crippen LogP contribution in [0.25, 0.3) is 11.1 Å². The van der Waals surface area contributed by atoms with Gasteiger partial charge in [-0.1, -0.05) is 67.8 Å². The van der Waals surface area contributed by atoms with E-state index in [9.17, 15) is 9.59 Å². The second-order valence-electron chi connectivity index (χ2n) is 10.4. The molecular weight excluding hydrogens is 460 g/mol. The monoisotopic (exact) mass is 498 g/mol. The minimum atomic E-state index is -0.408. The lowest BCUT2D eigenvalue weighted by molar-refractivity contribution is -0.140. The van der Waals surface area contributed by atoms with Crippen LogP contribution in [-0.4, -0.2) is 33.1 Å². The zero-order chi connectivity index (χ0) is 26.3. The highest BCUT2D eigenvalue weighted by Crippen LogP contribution is 2.40. The Morgan fingerprint density at radius 1 is 0.865 bits per heavy atom. The maximum absolute atomic E-state index is 13.7. The molecule has 1 amide bonds. The number of benzene rings is 3. The molecule has 4 rings (SSSR count). The van der Waals surface area contributed by atoms with Gasteiger partial charge in [0.1, 0.15) is 0 Å². The van der Waals surface area contributed by atoms with Gasteiger partial charge in [-0.2, -0.15) is 0 Å². The fourth-order valence-corrected chi connectivity index (χ4v) is 5.29. The summed E-state index contributed by atoms with van der Waals surface area (Å²) < 4.78 is 4.75. The maximum atomic E-state index is 13.7. The van der Waals surface area contributed by atoms with E-state index in [0.717, 1.165) is 43.4 Å². The van der Waals surface area contributed by atoms with Gasteiger partial charge in [-0.25, -0.2) is 0 Å². The smallest absolute Gasteiger partial charge is 0.305 e. The average Bonchev–Trinajstić information content (AvgIpc) is 2.93. The van der Waals surface area contributed by atoms with E-state index in [-0.39, 0.29) is 11.9 Å². The number of hydrogen-bond acceptors (Lipinski definition) is 4. The SMILES string of the molecule is COC(=O)CCc1cccc(NC(=O)C2(Cc3ccc(-c4ccc(N(C)C)cc4)cc3)CCCCC2)c1. The number of hydrogen-bond donors (Lipinski definition) is 1. The molecule has 0 spiro atoms. The van der Waals surface area contributed by atoms with Gasteiger partial charge in [0.25, 0.3) is 0 Å². The zero-order valence-corrected chi connectivity index (χ0v) is 22.3. The second-order valence-corrected chi connectivity index (χ2v) is 10.4. The van der Waals surface area contributed by atoms with Crippen LogP contribution in [0.1, 0.15) is 49.7 Å². The van der Waals surface area contributed by atoms with Gasteiger partial charge in [-0.05, 0) is 72.2 Å². The molecule has 0 bridgehead atoms. The van der Waals surface area contributed by atoms with Crippen molar-refractivity contribution in [3.8, 4) is 11.1 Å². The van der Waals surface area contributed by atoms with Crippen molar-refractivity contribution in [1.29, 1.82) is 0 Å². The molecule has 0 aromatic heterocycles. The van der Waals surface area contributed by atoms with E-state index < -0.39 is 5.41 Å². The number of amides is 1. The third kappa shape index (κ3) is 6.79. The fraction of sp³-hybridized carbons (Fsp3) is 0.375. The molecule has 5 heteroatoms. The molecule has 0 heterocycles. The van der Waals surface area contributed by atoms with Crippen LogP contribution in [0.15, 0.2) is 72.8 Å². The van der Waals surface area contributed by atoms with E-state index in [2.05, 4.69) is 58.7 Å². The fourth-order valence-electron chi connectivity index (χ4n) is 5.29. The summed E-state index contributed by atoms with van der Waals surface area (Å²) in [6.07, 6.45) is 6.77. The maximum Gasteiger partial charge on any atom is 0.305 e. The Balaban J connectivity index is 1.47. The van der Waals surface area contributed by atoms with E-state index in [1.807, 2.05) is 38.4 Å². The number of nitrogens with zero attached hydrogens (tertiary/aromatic N) is 1. The van der Waals surface area contributed by atoms with Gasteiger partial charge in [0.15, 0.2) is 0 Å². The Kier molecular flexibility index (Phi) is 8.65. The third-order valence-corrected chi connectivity index (χ3v) is 7.54. The number of ether oxygens (including phenoxy) is 1. The van der Waals surface area contributed by atoms with Crippen LogP contribution in [0.4, 0.5) is 11.4 Å². The van der Waals surface area contributed by atoms with Gasteiger partial charge < -0.3 is 15.0 Å². The molecule has 1 aliphatic rings. The summed E-state index contributed by atoms with van der Waals surface area (Å²) in [4.78, 5) is 27.3. The molecular formula is C32H38N2O3. The number of aryl methyl sites for hydroxylation is 1. The molecule has 194 valence electrons. The summed E-state index contributed by atoms with van der Waals surface area (Å²) in [6.45, 7) is 0. The first kappa shape index (κ1) is 26.5. The topological polar surface area (TPSA) is 58.6 Å². The minimum Gasteiger partial charge on any atom is -0.469 e. The van der Waals surface area contributed by atoms with Crippen molar-refractivity contribution in [2.45, 2.75) is 51.4 Å². The van der Waals surface area contributed by atoms with Crippen molar-refractivity contribution >= 4 is 23.3 Å². The summed E-state index contributed by atoms with van der Waals surface area (Å²) in [5.74, 6) is -0.132. The standard InChI is InChI=1S/C32H38N2O3/c1-34(2)29-17-15-27(16-18-29)26-13-10-25(11-14-26)23-32(20-5-4-6-21-32)31(36)33-28-9-7-8-24(22-28)12-19-30(35)37-3/h7-11,13-18,22H,4-6,12,19-21,23H2,1-3H3,(H,33,36). The van der Waals surface area contributed by atoms with Crippen LogP contribution in [0.2, 0.25) is 0 Å². The number of rotatable bonds is 9. The first-order valence-electron chi connectivity index (χ1n) is 13.2. The summed E-state index contributed by atoms with van der Waals surface area (Å²) in [5.41, 5.74) is 6.13. The summed E-state index contributed by atoms with van der Waals surface area (Å²) in [6, 6.07) is 25.0. The summed E-state index contributed by atoms with van der Waals surface area (Å²) >= 11 is 0. The van der Waals surface area contributed by atoms with E-state index in [0.29, 0.717) is 12.8 Å².